The van der Waals surface area contributed by atoms with Gasteiger partial charge in [0.15, 0.2) is 0 Å². The molecule has 0 bridgehead atoms. The van der Waals surface area contributed by atoms with Gasteiger partial charge in [0.05, 0.1) is 0 Å². The smallest absolute Gasteiger partial charge is 0.321 e. The molecule has 5 nitrogen and oxygen atoms in total. The molecule has 0 aliphatic carbocycles. The first-order chi connectivity index (χ1) is 14.4. The van der Waals surface area contributed by atoms with Crippen LogP contribution in [-0.2, 0) is 11.3 Å². The van der Waals surface area contributed by atoms with Crippen LogP contribution in [0.3, 0.4) is 0 Å². The van der Waals surface area contributed by atoms with Crippen LogP contribution >= 0.6 is 11.6 Å². The minimum Gasteiger partial charge on any atom is -0.352 e. The minimum atomic E-state index is -0.416. The molecule has 1 saturated heterocycles. The van der Waals surface area contributed by atoms with Crippen molar-refractivity contribution in [2.45, 2.75) is 32.2 Å². The van der Waals surface area contributed by atoms with Gasteiger partial charge < -0.3 is 15.5 Å². The molecular weight excluding hydrogens is 412 g/mol. The number of hydrogen-bond acceptors (Lipinski definition) is 2. The average Bonchev–Trinajstić information content (AvgIpc) is 2.73. The Morgan fingerprint density at radius 3 is 2.57 bits per heavy atom. The highest BCUT2D eigenvalue weighted by molar-refractivity contribution is 6.31. The number of likely N-dealkylation sites (tertiary alicyclic amines) is 1. The lowest BCUT2D eigenvalue weighted by atomic mass is 9.93. The van der Waals surface area contributed by atoms with Crippen LogP contribution in [0.25, 0.3) is 0 Å². The highest BCUT2D eigenvalue weighted by Gasteiger charge is 2.24. The second-order valence-corrected chi connectivity index (χ2v) is 7.85. The van der Waals surface area contributed by atoms with Gasteiger partial charge in [0.2, 0.25) is 5.91 Å². The first-order valence-corrected chi connectivity index (χ1v) is 10.3. The lowest BCUT2D eigenvalue weighted by Gasteiger charge is -2.32. The fraction of sp³-hybridized carbons (Fsp3) is 0.364. The Hall–Kier alpha value is -2.67. The van der Waals surface area contributed by atoms with Crippen LogP contribution in [-0.4, -0.2) is 29.9 Å². The predicted octanol–water partition coefficient (Wildman–Crippen LogP) is 4.96. The molecule has 1 atom stereocenters. The van der Waals surface area contributed by atoms with E-state index in [4.69, 9.17) is 11.6 Å². The van der Waals surface area contributed by atoms with Gasteiger partial charge in [-0.3, -0.25) is 4.79 Å². The van der Waals surface area contributed by atoms with Crippen LogP contribution < -0.4 is 10.6 Å². The topological polar surface area (TPSA) is 61.4 Å². The summed E-state index contributed by atoms with van der Waals surface area (Å²) in [6.45, 7) is 1.47. The highest BCUT2D eigenvalue weighted by Crippen LogP contribution is 2.22. The Balaban J connectivity index is 1.42. The Kier molecular flexibility index (Phi) is 7.63. The number of nitrogens with one attached hydrogen (secondary N) is 2. The molecule has 160 valence electrons. The second-order valence-electron chi connectivity index (χ2n) is 7.44. The number of carbonyl (C=O) groups excluding carboxylic acids is 2. The number of nitrogens with zero attached hydrogens (tertiary/aromatic N) is 1. The van der Waals surface area contributed by atoms with Crippen molar-refractivity contribution in [1.29, 1.82) is 0 Å². The van der Waals surface area contributed by atoms with Gasteiger partial charge in [-0.2, -0.15) is 0 Å². The lowest BCUT2D eigenvalue weighted by molar-refractivity contribution is -0.121. The third-order valence-corrected chi connectivity index (χ3v) is 5.52. The van der Waals surface area contributed by atoms with Crippen LogP contribution in [0, 0.1) is 17.6 Å². The Morgan fingerprint density at radius 1 is 1.10 bits per heavy atom. The number of anilines is 1. The van der Waals surface area contributed by atoms with Gasteiger partial charge in [-0.05, 0) is 67.1 Å². The molecule has 0 saturated carbocycles. The molecule has 1 aliphatic heterocycles. The molecule has 1 aliphatic rings. The van der Waals surface area contributed by atoms with Crippen molar-refractivity contribution >= 4 is 29.2 Å². The van der Waals surface area contributed by atoms with Crippen LogP contribution in [0.1, 0.15) is 31.2 Å². The Bertz CT molecular complexity index is 892. The van der Waals surface area contributed by atoms with Crippen LogP contribution in [0.5, 0.6) is 0 Å². The molecule has 2 aromatic carbocycles. The Labute approximate surface area is 179 Å². The molecule has 1 heterocycles. The number of carbonyl (C=O) groups is 2. The maximum absolute atomic E-state index is 13.1. The number of hydrogen-bond donors (Lipinski definition) is 2. The first-order valence-electron chi connectivity index (χ1n) is 9.93. The molecule has 0 aromatic heterocycles. The molecule has 3 amide bonds. The van der Waals surface area contributed by atoms with Crippen LogP contribution in [0.4, 0.5) is 19.3 Å². The highest BCUT2D eigenvalue weighted by atomic mass is 35.5. The van der Waals surface area contributed by atoms with Crippen LogP contribution in [0.2, 0.25) is 5.02 Å². The number of benzene rings is 2. The van der Waals surface area contributed by atoms with Crippen molar-refractivity contribution in [3.63, 3.8) is 0 Å². The van der Waals surface area contributed by atoms with Crippen molar-refractivity contribution in [3.05, 3.63) is 64.7 Å². The summed E-state index contributed by atoms with van der Waals surface area (Å²) in [6.07, 6.45) is 2.84. The molecule has 0 unspecified atom stereocenters. The van der Waals surface area contributed by atoms with Crippen molar-refractivity contribution in [1.82, 2.24) is 10.2 Å². The van der Waals surface area contributed by atoms with E-state index >= 15 is 0 Å². The average molecular weight is 436 g/mol. The summed E-state index contributed by atoms with van der Waals surface area (Å²) in [6, 6.07) is 9.49. The van der Waals surface area contributed by atoms with Crippen molar-refractivity contribution < 1.29 is 18.4 Å². The molecule has 0 spiro atoms. The van der Waals surface area contributed by atoms with Gasteiger partial charge in [0.1, 0.15) is 11.6 Å². The maximum atomic E-state index is 13.1. The minimum absolute atomic E-state index is 0.108. The number of urea groups is 1. The van der Waals surface area contributed by atoms with E-state index in [1.165, 1.54) is 36.4 Å². The van der Waals surface area contributed by atoms with E-state index in [-0.39, 0.29) is 35.2 Å². The summed E-state index contributed by atoms with van der Waals surface area (Å²) in [4.78, 5) is 26.4. The first kappa shape index (κ1) is 22.0. The van der Waals surface area contributed by atoms with E-state index in [1.54, 1.807) is 11.0 Å². The van der Waals surface area contributed by atoms with Crippen LogP contribution in [0.15, 0.2) is 42.5 Å². The molecule has 0 radical (unpaired) electrons. The fourth-order valence-electron chi connectivity index (χ4n) is 3.50. The lowest BCUT2D eigenvalue weighted by Crippen LogP contribution is -2.42. The zero-order valence-corrected chi connectivity index (χ0v) is 17.2. The summed E-state index contributed by atoms with van der Waals surface area (Å²) < 4.78 is 26.1. The zero-order chi connectivity index (χ0) is 21.5. The van der Waals surface area contributed by atoms with Gasteiger partial charge in [-0.25, -0.2) is 13.6 Å². The van der Waals surface area contributed by atoms with Crippen molar-refractivity contribution in [2.24, 2.45) is 5.92 Å². The molecular formula is C22H24ClF2N3O2. The maximum Gasteiger partial charge on any atom is 0.321 e. The monoisotopic (exact) mass is 435 g/mol. The van der Waals surface area contributed by atoms with Crippen molar-refractivity contribution in [3.8, 4) is 0 Å². The third-order valence-electron chi connectivity index (χ3n) is 5.17. The zero-order valence-electron chi connectivity index (χ0n) is 16.5. The fourth-order valence-corrected chi connectivity index (χ4v) is 3.74. The number of rotatable bonds is 6. The summed E-state index contributed by atoms with van der Waals surface area (Å²) in [5, 5.41) is 5.86. The molecule has 2 N–H and O–H groups in total. The standard InChI is InChI=1S/C22H24ClF2N3O2/c23-20-12-18(25)5-4-16(20)13-26-21(29)10-3-15-2-1-11-28(14-15)22(30)27-19-8-6-17(24)7-9-19/h4-9,12,15H,1-3,10-11,13-14H2,(H,26,29)(H,27,30)/t15-/m1/s1. The number of halogens is 3. The van der Waals surface area contributed by atoms with Crippen molar-refractivity contribution in [2.75, 3.05) is 18.4 Å². The van der Waals surface area contributed by atoms with Gasteiger partial charge in [0, 0.05) is 36.8 Å². The van der Waals surface area contributed by atoms with Gasteiger partial charge in [0.25, 0.3) is 0 Å². The van der Waals surface area contributed by atoms with E-state index in [0.29, 0.717) is 37.2 Å². The van der Waals surface area contributed by atoms with E-state index in [2.05, 4.69) is 10.6 Å². The van der Waals surface area contributed by atoms with E-state index in [1.807, 2.05) is 0 Å². The van der Waals surface area contributed by atoms with E-state index in [0.717, 1.165) is 12.8 Å². The summed E-state index contributed by atoms with van der Waals surface area (Å²) in [7, 11) is 0. The summed E-state index contributed by atoms with van der Waals surface area (Å²) in [5.41, 5.74) is 1.20. The SMILES string of the molecule is O=C(CC[C@H]1CCCN(C(=O)Nc2ccc(F)cc2)C1)NCc1ccc(F)cc1Cl. The Morgan fingerprint density at radius 2 is 1.83 bits per heavy atom. The van der Waals surface area contributed by atoms with Gasteiger partial charge >= 0.3 is 6.03 Å². The normalized spacial score (nSPS) is 16.2. The summed E-state index contributed by atoms with van der Waals surface area (Å²) in [5.74, 6) is -0.646. The molecule has 3 rings (SSSR count). The third kappa shape index (κ3) is 6.42. The van der Waals surface area contributed by atoms with Gasteiger partial charge in [-0.15, -0.1) is 0 Å². The predicted molar refractivity (Wildman–Crippen MR) is 112 cm³/mol. The van der Waals surface area contributed by atoms with E-state index < -0.39 is 5.82 Å². The molecule has 30 heavy (non-hydrogen) atoms. The quantitative estimate of drug-likeness (QED) is 0.673. The summed E-state index contributed by atoms with van der Waals surface area (Å²) >= 11 is 5.97. The second kappa shape index (κ2) is 10.4. The molecule has 1 fully saturated rings. The van der Waals surface area contributed by atoms with Gasteiger partial charge in [-0.1, -0.05) is 17.7 Å². The molecule has 2 aromatic rings. The molecule has 8 heteroatoms. The largest absolute Gasteiger partial charge is 0.352 e. The number of amides is 3. The van der Waals surface area contributed by atoms with E-state index in [9.17, 15) is 18.4 Å². The number of piperidine rings is 1.